The maximum atomic E-state index is 11.7. The van der Waals surface area contributed by atoms with E-state index in [4.69, 9.17) is 9.84 Å². The average Bonchev–Trinajstić information content (AvgIpc) is 3.11. The lowest BCUT2D eigenvalue weighted by atomic mass is 10.1. The largest absolute Gasteiger partial charge is 0.483 e. The minimum absolute atomic E-state index is 0.167. The van der Waals surface area contributed by atoms with Crippen molar-refractivity contribution in [3.05, 3.63) is 29.3 Å². The Labute approximate surface area is 111 Å². The molecule has 1 fully saturated rings. The maximum Gasteiger partial charge on any atom is 0.329 e. The molecule has 19 heavy (non-hydrogen) atoms. The van der Waals surface area contributed by atoms with Crippen molar-refractivity contribution < 1.29 is 19.4 Å². The van der Waals surface area contributed by atoms with E-state index in [1.165, 1.54) is 0 Å². The summed E-state index contributed by atoms with van der Waals surface area (Å²) in [5.41, 5.74) is 0.935. The Hall–Kier alpha value is -2.04. The van der Waals surface area contributed by atoms with E-state index >= 15 is 0 Å². The van der Waals surface area contributed by atoms with Crippen molar-refractivity contribution >= 4 is 11.9 Å². The van der Waals surface area contributed by atoms with Gasteiger partial charge in [-0.25, -0.2) is 4.79 Å². The monoisotopic (exact) mass is 263 g/mol. The third-order valence-corrected chi connectivity index (χ3v) is 3.24. The average molecular weight is 263 g/mol. The summed E-state index contributed by atoms with van der Waals surface area (Å²) in [6, 6.07) is 5.74. The van der Waals surface area contributed by atoms with Crippen LogP contribution in [0.3, 0.4) is 0 Å². The zero-order chi connectivity index (χ0) is 14.0. The second kappa shape index (κ2) is 4.91. The summed E-state index contributed by atoms with van der Waals surface area (Å²) < 4.78 is 5.43. The van der Waals surface area contributed by atoms with Gasteiger partial charge in [0.1, 0.15) is 11.3 Å². The quantitative estimate of drug-likeness (QED) is 0.842. The molecule has 0 radical (unpaired) electrons. The van der Waals surface area contributed by atoms with Gasteiger partial charge in [-0.2, -0.15) is 0 Å². The maximum absolute atomic E-state index is 11.7. The molecule has 1 aromatic rings. The summed E-state index contributed by atoms with van der Waals surface area (Å²) in [4.78, 5) is 22.6. The zero-order valence-corrected chi connectivity index (χ0v) is 11.0. The number of ether oxygens (including phenoxy) is 1. The van der Waals surface area contributed by atoms with Gasteiger partial charge in [0.25, 0.3) is 5.91 Å². The number of carbonyl (C=O) groups excluding carboxylic acids is 1. The van der Waals surface area contributed by atoms with Crippen LogP contribution in [0.25, 0.3) is 0 Å². The highest BCUT2D eigenvalue weighted by Crippen LogP contribution is 2.35. The molecular formula is C14H17NO4. The van der Waals surface area contributed by atoms with Gasteiger partial charge in [0.2, 0.25) is 0 Å². The van der Waals surface area contributed by atoms with E-state index in [1.54, 1.807) is 0 Å². The van der Waals surface area contributed by atoms with E-state index in [0.717, 1.165) is 11.1 Å². The van der Waals surface area contributed by atoms with Crippen LogP contribution in [0.2, 0.25) is 0 Å². The number of benzene rings is 1. The van der Waals surface area contributed by atoms with Crippen LogP contribution >= 0.6 is 0 Å². The van der Waals surface area contributed by atoms with E-state index < -0.39 is 17.4 Å². The zero-order valence-electron chi connectivity index (χ0n) is 11.0. The van der Waals surface area contributed by atoms with Crippen molar-refractivity contribution in [1.82, 2.24) is 5.32 Å². The number of hydrogen-bond acceptors (Lipinski definition) is 3. The Balaban J connectivity index is 1.90. The summed E-state index contributed by atoms with van der Waals surface area (Å²) in [5, 5.41) is 11.5. The second-order valence-corrected chi connectivity index (χ2v) is 4.99. The van der Waals surface area contributed by atoms with E-state index in [2.05, 4.69) is 5.32 Å². The molecule has 0 heterocycles. The molecule has 102 valence electrons. The Morgan fingerprint density at radius 2 is 2.05 bits per heavy atom. The minimum Gasteiger partial charge on any atom is -0.483 e. The fraction of sp³-hybridized carbons (Fsp3) is 0.429. The van der Waals surface area contributed by atoms with Gasteiger partial charge in [-0.05, 0) is 43.9 Å². The van der Waals surface area contributed by atoms with Gasteiger partial charge in [-0.15, -0.1) is 0 Å². The van der Waals surface area contributed by atoms with Crippen molar-refractivity contribution in [2.45, 2.75) is 32.2 Å². The van der Waals surface area contributed by atoms with Crippen molar-refractivity contribution in [3.63, 3.8) is 0 Å². The van der Waals surface area contributed by atoms with Gasteiger partial charge in [0.05, 0.1) is 0 Å². The lowest BCUT2D eigenvalue weighted by Gasteiger charge is -2.14. The van der Waals surface area contributed by atoms with Gasteiger partial charge in [-0.1, -0.05) is 12.1 Å². The number of hydrogen-bond donors (Lipinski definition) is 2. The third-order valence-electron chi connectivity index (χ3n) is 3.24. The van der Waals surface area contributed by atoms with Crippen LogP contribution in [-0.2, 0) is 9.59 Å². The van der Waals surface area contributed by atoms with Crippen LogP contribution in [-0.4, -0.2) is 29.1 Å². The SMILES string of the molecule is Cc1ccc(C)c(OCC(=O)NC2(C(=O)O)CC2)c1. The summed E-state index contributed by atoms with van der Waals surface area (Å²) in [5.74, 6) is -0.733. The standard InChI is InChI=1S/C14H17NO4/c1-9-3-4-10(2)11(7-9)19-8-12(16)15-14(5-6-14)13(17)18/h3-4,7H,5-6,8H2,1-2H3,(H,15,16)(H,17,18). The van der Waals surface area contributed by atoms with Gasteiger partial charge in [0, 0.05) is 0 Å². The highest BCUT2D eigenvalue weighted by atomic mass is 16.5. The van der Waals surface area contributed by atoms with E-state index in [9.17, 15) is 9.59 Å². The smallest absolute Gasteiger partial charge is 0.329 e. The molecular weight excluding hydrogens is 246 g/mol. The molecule has 0 aromatic heterocycles. The van der Waals surface area contributed by atoms with E-state index in [1.807, 2.05) is 32.0 Å². The first-order chi connectivity index (χ1) is 8.93. The lowest BCUT2D eigenvalue weighted by molar-refractivity contribution is -0.143. The molecule has 0 saturated heterocycles. The molecule has 1 aliphatic carbocycles. The Bertz CT molecular complexity index is 520. The van der Waals surface area contributed by atoms with Crippen molar-refractivity contribution in [1.29, 1.82) is 0 Å². The molecule has 0 spiro atoms. The number of carboxylic acids is 1. The number of rotatable bonds is 5. The van der Waals surface area contributed by atoms with Gasteiger partial charge in [0.15, 0.2) is 6.61 Å². The molecule has 1 aromatic carbocycles. The van der Waals surface area contributed by atoms with E-state index in [0.29, 0.717) is 18.6 Å². The molecule has 1 amide bonds. The molecule has 1 aliphatic rings. The van der Waals surface area contributed by atoms with Crippen LogP contribution in [0, 0.1) is 13.8 Å². The number of aliphatic carboxylic acids is 1. The van der Waals surface area contributed by atoms with Crippen LogP contribution in [0.5, 0.6) is 5.75 Å². The number of nitrogens with one attached hydrogen (secondary N) is 1. The second-order valence-electron chi connectivity index (χ2n) is 4.99. The molecule has 0 aliphatic heterocycles. The Morgan fingerprint density at radius 3 is 2.63 bits per heavy atom. The lowest BCUT2D eigenvalue weighted by Crippen LogP contribution is -2.45. The molecule has 0 unspecified atom stereocenters. The topological polar surface area (TPSA) is 75.6 Å². The molecule has 5 heteroatoms. The fourth-order valence-corrected chi connectivity index (χ4v) is 1.83. The van der Waals surface area contributed by atoms with Crippen molar-refractivity contribution in [2.75, 3.05) is 6.61 Å². The number of aryl methyl sites for hydroxylation is 2. The van der Waals surface area contributed by atoms with Crippen LogP contribution in [0.1, 0.15) is 24.0 Å². The number of amides is 1. The van der Waals surface area contributed by atoms with Crippen molar-refractivity contribution in [2.24, 2.45) is 0 Å². The van der Waals surface area contributed by atoms with Gasteiger partial charge >= 0.3 is 5.97 Å². The number of carbonyl (C=O) groups is 2. The molecule has 0 bridgehead atoms. The minimum atomic E-state index is -1.05. The van der Waals surface area contributed by atoms with Crippen LogP contribution < -0.4 is 10.1 Å². The summed E-state index contributed by atoms with van der Waals surface area (Å²) >= 11 is 0. The molecule has 1 saturated carbocycles. The summed E-state index contributed by atoms with van der Waals surface area (Å²) in [6.07, 6.45) is 0.967. The Morgan fingerprint density at radius 1 is 1.37 bits per heavy atom. The van der Waals surface area contributed by atoms with Gasteiger partial charge < -0.3 is 15.2 Å². The predicted octanol–water partition coefficient (Wildman–Crippen LogP) is 1.42. The number of carboxylic acid groups (broad SMARTS) is 1. The fourth-order valence-electron chi connectivity index (χ4n) is 1.83. The first-order valence-electron chi connectivity index (χ1n) is 6.17. The highest BCUT2D eigenvalue weighted by Gasteiger charge is 2.51. The normalized spacial score (nSPS) is 15.7. The van der Waals surface area contributed by atoms with Crippen LogP contribution in [0.15, 0.2) is 18.2 Å². The van der Waals surface area contributed by atoms with Crippen molar-refractivity contribution in [3.8, 4) is 5.75 Å². The third kappa shape index (κ3) is 3.05. The Kier molecular flexibility index (Phi) is 3.46. The summed E-state index contributed by atoms with van der Waals surface area (Å²) in [6.45, 7) is 3.67. The summed E-state index contributed by atoms with van der Waals surface area (Å²) in [7, 11) is 0. The highest BCUT2D eigenvalue weighted by molar-refractivity contribution is 5.90. The first kappa shape index (κ1) is 13.4. The molecule has 5 nitrogen and oxygen atoms in total. The first-order valence-corrected chi connectivity index (χ1v) is 6.17. The van der Waals surface area contributed by atoms with E-state index in [-0.39, 0.29) is 6.61 Å². The van der Waals surface area contributed by atoms with Crippen LogP contribution in [0.4, 0.5) is 0 Å². The van der Waals surface area contributed by atoms with Gasteiger partial charge in [-0.3, -0.25) is 4.79 Å². The molecule has 0 atom stereocenters. The molecule has 2 N–H and O–H groups in total. The molecule has 2 rings (SSSR count). The predicted molar refractivity (Wildman–Crippen MR) is 69.2 cm³/mol.